The fourth-order valence-electron chi connectivity index (χ4n) is 2.18. The van der Waals surface area contributed by atoms with Crippen LogP contribution < -0.4 is 5.32 Å². The number of hydrogen-bond donors (Lipinski definition) is 1. The van der Waals surface area contributed by atoms with Crippen molar-refractivity contribution < 1.29 is 9.59 Å². The average molecular weight is 246 g/mol. The molecular weight excluding hydrogens is 228 g/mol. The zero-order chi connectivity index (χ0) is 13.0. The van der Waals surface area contributed by atoms with Gasteiger partial charge in [0.2, 0.25) is 5.91 Å². The first-order valence-corrected chi connectivity index (χ1v) is 6.36. The Morgan fingerprint density at radius 3 is 2.89 bits per heavy atom. The van der Waals surface area contributed by atoms with Gasteiger partial charge in [0, 0.05) is 31.6 Å². The standard InChI is InChI=1S/C14H18N2O2/c1-2-11-5-3-4-6-12(11)14(18)16-9-7-13(17)15-8-10-16/h3-6H,2,7-10H2,1H3,(H,15,17). The minimum Gasteiger partial charge on any atom is -0.354 e. The van der Waals surface area contributed by atoms with Gasteiger partial charge >= 0.3 is 0 Å². The molecule has 0 spiro atoms. The number of hydrogen-bond acceptors (Lipinski definition) is 2. The summed E-state index contributed by atoms with van der Waals surface area (Å²) in [7, 11) is 0. The van der Waals surface area contributed by atoms with E-state index in [4.69, 9.17) is 0 Å². The highest BCUT2D eigenvalue weighted by Gasteiger charge is 2.20. The average Bonchev–Trinajstić information content (AvgIpc) is 2.62. The number of nitrogens with zero attached hydrogens (tertiary/aromatic N) is 1. The first-order chi connectivity index (χ1) is 8.72. The second kappa shape index (κ2) is 5.67. The highest BCUT2D eigenvalue weighted by Crippen LogP contribution is 2.13. The first kappa shape index (κ1) is 12.6. The molecule has 0 saturated carbocycles. The lowest BCUT2D eigenvalue weighted by molar-refractivity contribution is -0.120. The third-order valence-corrected chi connectivity index (χ3v) is 3.23. The Morgan fingerprint density at radius 1 is 1.33 bits per heavy atom. The number of rotatable bonds is 2. The predicted octanol–water partition coefficient (Wildman–Crippen LogP) is 1.21. The molecule has 1 aromatic carbocycles. The van der Waals surface area contributed by atoms with Gasteiger partial charge in [0.25, 0.3) is 5.91 Å². The van der Waals surface area contributed by atoms with Crippen molar-refractivity contribution in [2.24, 2.45) is 0 Å². The van der Waals surface area contributed by atoms with Crippen LogP contribution in [0.1, 0.15) is 29.3 Å². The molecular formula is C14H18N2O2. The number of nitrogens with one attached hydrogen (secondary N) is 1. The van der Waals surface area contributed by atoms with Crippen LogP contribution in [0.15, 0.2) is 24.3 Å². The van der Waals surface area contributed by atoms with Gasteiger partial charge in [0.1, 0.15) is 0 Å². The van der Waals surface area contributed by atoms with Crippen molar-refractivity contribution in [3.05, 3.63) is 35.4 Å². The highest BCUT2D eigenvalue weighted by molar-refractivity contribution is 5.96. The van der Waals surface area contributed by atoms with Crippen LogP contribution in [0.4, 0.5) is 0 Å². The van der Waals surface area contributed by atoms with Gasteiger partial charge in [0.05, 0.1) is 0 Å². The molecule has 2 rings (SSSR count). The van der Waals surface area contributed by atoms with Crippen molar-refractivity contribution in [1.29, 1.82) is 0 Å². The molecule has 1 aromatic rings. The fourth-order valence-corrected chi connectivity index (χ4v) is 2.18. The molecule has 4 heteroatoms. The number of amides is 2. The zero-order valence-corrected chi connectivity index (χ0v) is 10.6. The second-order valence-electron chi connectivity index (χ2n) is 4.40. The monoisotopic (exact) mass is 246 g/mol. The first-order valence-electron chi connectivity index (χ1n) is 6.36. The van der Waals surface area contributed by atoms with E-state index in [0.717, 1.165) is 17.5 Å². The molecule has 96 valence electrons. The minimum absolute atomic E-state index is 0.0223. The molecule has 1 heterocycles. The van der Waals surface area contributed by atoms with E-state index in [1.165, 1.54) is 0 Å². The Labute approximate surface area is 107 Å². The number of aryl methyl sites for hydroxylation is 1. The topological polar surface area (TPSA) is 49.4 Å². The predicted molar refractivity (Wildman–Crippen MR) is 69.4 cm³/mol. The van der Waals surface area contributed by atoms with E-state index in [0.29, 0.717) is 26.1 Å². The maximum Gasteiger partial charge on any atom is 0.254 e. The van der Waals surface area contributed by atoms with Crippen LogP contribution in [0, 0.1) is 0 Å². The SMILES string of the molecule is CCc1ccccc1C(=O)N1CCNC(=O)CC1. The Bertz CT molecular complexity index is 457. The van der Waals surface area contributed by atoms with Crippen LogP contribution in [0.3, 0.4) is 0 Å². The van der Waals surface area contributed by atoms with E-state index in [1.54, 1.807) is 4.90 Å². The van der Waals surface area contributed by atoms with Crippen LogP contribution in [0.25, 0.3) is 0 Å². The second-order valence-corrected chi connectivity index (χ2v) is 4.40. The van der Waals surface area contributed by atoms with Crippen molar-refractivity contribution in [2.75, 3.05) is 19.6 Å². The van der Waals surface area contributed by atoms with E-state index in [1.807, 2.05) is 31.2 Å². The summed E-state index contributed by atoms with van der Waals surface area (Å²) in [4.78, 5) is 25.4. The van der Waals surface area contributed by atoms with Crippen molar-refractivity contribution in [3.63, 3.8) is 0 Å². The molecule has 0 aromatic heterocycles. The van der Waals surface area contributed by atoms with E-state index >= 15 is 0 Å². The van der Waals surface area contributed by atoms with Gasteiger partial charge in [0.15, 0.2) is 0 Å². The molecule has 1 aliphatic heterocycles. The van der Waals surface area contributed by atoms with Crippen LogP contribution in [-0.4, -0.2) is 36.3 Å². The maximum absolute atomic E-state index is 12.4. The molecule has 0 unspecified atom stereocenters. The molecule has 0 radical (unpaired) electrons. The highest BCUT2D eigenvalue weighted by atomic mass is 16.2. The normalized spacial score (nSPS) is 16.1. The van der Waals surface area contributed by atoms with Gasteiger partial charge in [-0.25, -0.2) is 0 Å². The third-order valence-electron chi connectivity index (χ3n) is 3.23. The number of carbonyl (C=O) groups is 2. The number of carbonyl (C=O) groups excluding carboxylic acids is 2. The van der Waals surface area contributed by atoms with E-state index in [9.17, 15) is 9.59 Å². The summed E-state index contributed by atoms with van der Waals surface area (Å²) in [6.07, 6.45) is 1.23. The summed E-state index contributed by atoms with van der Waals surface area (Å²) >= 11 is 0. The van der Waals surface area contributed by atoms with E-state index in [2.05, 4.69) is 5.32 Å². The summed E-state index contributed by atoms with van der Waals surface area (Å²) in [6, 6.07) is 7.67. The summed E-state index contributed by atoms with van der Waals surface area (Å²) < 4.78 is 0. The molecule has 0 atom stereocenters. The lowest BCUT2D eigenvalue weighted by Gasteiger charge is -2.20. The Morgan fingerprint density at radius 2 is 2.11 bits per heavy atom. The summed E-state index contributed by atoms with van der Waals surface area (Å²) in [5.74, 6) is 0.0537. The van der Waals surface area contributed by atoms with E-state index < -0.39 is 0 Å². The maximum atomic E-state index is 12.4. The van der Waals surface area contributed by atoms with Crippen molar-refractivity contribution in [2.45, 2.75) is 19.8 Å². The van der Waals surface area contributed by atoms with Gasteiger partial charge in [-0.05, 0) is 18.1 Å². The zero-order valence-electron chi connectivity index (χ0n) is 10.6. The lowest BCUT2D eigenvalue weighted by atomic mass is 10.0. The molecule has 1 aliphatic rings. The van der Waals surface area contributed by atoms with Crippen molar-refractivity contribution in [1.82, 2.24) is 10.2 Å². The summed E-state index contributed by atoms with van der Waals surface area (Å²) in [6.45, 7) is 3.67. The smallest absolute Gasteiger partial charge is 0.254 e. The molecule has 4 nitrogen and oxygen atoms in total. The van der Waals surface area contributed by atoms with E-state index in [-0.39, 0.29) is 11.8 Å². The number of benzene rings is 1. The van der Waals surface area contributed by atoms with Gasteiger partial charge in [-0.3, -0.25) is 9.59 Å². The van der Waals surface area contributed by atoms with Gasteiger partial charge < -0.3 is 10.2 Å². The molecule has 1 N–H and O–H groups in total. The van der Waals surface area contributed by atoms with Crippen LogP contribution in [-0.2, 0) is 11.2 Å². The van der Waals surface area contributed by atoms with Gasteiger partial charge in [-0.1, -0.05) is 25.1 Å². The lowest BCUT2D eigenvalue weighted by Crippen LogP contribution is -2.34. The van der Waals surface area contributed by atoms with Gasteiger partial charge in [-0.15, -0.1) is 0 Å². The Balaban J connectivity index is 2.17. The minimum atomic E-state index is 0.0223. The molecule has 0 aliphatic carbocycles. The van der Waals surface area contributed by atoms with Crippen molar-refractivity contribution in [3.8, 4) is 0 Å². The third kappa shape index (κ3) is 2.70. The Kier molecular flexibility index (Phi) is 3.97. The van der Waals surface area contributed by atoms with Crippen LogP contribution in [0.2, 0.25) is 0 Å². The van der Waals surface area contributed by atoms with Crippen LogP contribution in [0.5, 0.6) is 0 Å². The molecule has 0 bridgehead atoms. The Hall–Kier alpha value is -1.84. The van der Waals surface area contributed by atoms with Crippen LogP contribution >= 0.6 is 0 Å². The largest absolute Gasteiger partial charge is 0.354 e. The fraction of sp³-hybridized carbons (Fsp3) is 0.429. The van der Waals surface area contributed by atoms with Crippen molar-refractivity contribution >= 4 is 11.8 Å². The quantitative estimate of drug-likeness (QED) is 0.852. The summed E-state index contributed by atoms with van der Waals surface area (Å²) in [5.41, 5.74) is 1.82. The molecule has 1 fully saturated rings. The van der Waals surface area contributed by atoms with Gasteiger partial charge in [-0.2, -0.15) is 0 Å². The molecule has 2 amide bonds. The summed E-state index contributed by atoms with van der Waals surface area (Å²) in [5, 5.41) is 2.78. The molecule has 1 saturated heterocycles. The molecule has 18 heavy (non-hydrogen) atoms.